The number of nitrogens with zero attached hydrogens (tertiary/aromatic N) is 1. The number of aromatic nitrogens is 1. The van der Waals surface area contributed by atoms with Crippen molar-refractivity contribution in [3.63, 3.8) is 0 Å². The van der Waals surface area contributed by atoms with Gasteiger partial charge in [-0.3, -0.25) is 14.2 Å². The molecule has 0 fully saturated rings. The number of fused-ring (bicyclic) bond motifs is 2. The molecule has 5 rings (SSSR count). The van der Waals surface area contributed by atoms with E-state index in [9.17, 15) is 9.59 Å². The van der Waals surface area contributed by atoms with Gasteiger partial charge in [-0.2, -0.15) is 0 Å². The summed E-state index contributed by atoms with van der Waals surface area (Å²) in [6, 6.07) is 21.9. The van der Waals surface area contributed by atoms with Crippen LogP contribution in [0.25, 0.3) is 10.9 Å². The molecule has 0 saturated heterocycles. The number of halogens is 1. The third-order valence-corrected chi connectivity index (χ3v) is 5.77. The van der Waals surface area contributed by atoms with Crippen LogP contribution in [0.3, 0.4) is 0 Å². The molecule has 1 amide bonds. The highest BCUT2D eigenvalue weighted by Crippen LogP contribution is 2.34. The Morgan fingerprint density at radius 2 is 1.62 bits per heavy atom. The van der Waals surface area contributed by atoms with Gasteiger partial charge in [0.05, 0.1) is 5.52 Å². The minimum Gasteiger partial charge on any atom is -0.486 e. The number of benzene rings is 3. The first-order valence-electron chi connectivity index (χ1n) is 10.9. The number of hydrogen-bond donors (Lipinski definition) is 2. The van der Waals surface area contributed by atoms with Crippen molar-refractivity contribution < 1.29 is 14.3 Å². The van der Waals surface area contributed by atoms with Gasteiger partial charge in [-0.1, -0.05) is 29.8 Å². The molecule has 0 spiro atoms. The van der Waals surface area contributed by atoms with E-state index in [1.807, 2.05) is 42.5 Å². The number of pyridine rings is 1. The average molecular weight is 476 g/mol. The molecule has 0 bridgehead atoms. The highest BCUT2D eigenvalue weighted by molar-refractivity contribution is 6.30. The van der Waals surface area contributed by atoms with Crippen LogP contribution in [0, 0.1) is 0 Å². The first kappa shape index (κ1) is 21.9. The third-order valence-electron chi connectivity index (χ3n) is 5.52. The first-order chi connectivity index (χ1) is 16.6. The number of amides is 1. The SMILES string of the molecule is O=C(Cn1c(=O)c(CNc2ccccc2)cc2cc3c(cc21)OCCO3)Nc1ccc(Cl)cc1. The quantitative estimate of drug-likeness (QED) is 0.423. The fourth-order valence-electron chi connectivity index (χ4n) is 3.89. The van der Waals surface area contributed by atoms with Gasteiger partial charge >= 0.3 is 0 Å². The normalized spacial score (nSPS) is 12.4. The molecule has 8 heteroatoms. The lowest BCUT2D eigenvalue weighted by molar-refractivity contribution is -0.116. The molecule has 3 aromatic carbocycles. The molecule has 1 aromatic heterocycles. The van der Waals surface area contributed by atoms with Gasteiger partial charge < -0.3 is 20.1 Å². The number of carbonyl (C=O) groups is 1. The number of hydrogen-bond acceptors (Lipinski definition) is 5. The van der Waals surface area contributed by atoms with Crippen molar-refractivity contribution in [2.24, 2.45) is 0 Å². The first-order valence-corrected chi connectivity index (χ1v) is 11.2. The maximum Gasteiger partial charge on any atom is 0.256 e. The largest absolute Gasteiger partial charge is 0.486 e. The van der Waals surface area contributed by atoms with Crippen molar-refractivity contribution >= 4 is 39.8 Å². The van der Waals surface area contributed by atoms with E-state index < -0.39 is 0 Å². The second kappa shape index (κ2) is 9.49. The van der Waals surface area contributed by atoms with Gasteiger partial charge in [0.2, 0.25) is 5.91 Å². The van der Waals surface area contributed by atoms with Crippen LogP contribution in [0.15, 0.2) is 77.6 Å². The monoisotopic (exact) mass is 475 g/mol. The molecule has 0 saturated carbocycles. The topological polar surface area (TPSA) is 81.6 Å². The second-order valence-corrected chi connectivity index (χ2v) is 8.33. The summed E-state index contributed by atoms with van der Waals surface area (Å²) in [6.07, 6.45) is 0. The summed E-state index contributed by atoms with van der Waals surface area (Å²) < 4.78 is 12.9. The smallest absolute Gasteiger partial charge is 0.256 e. The van der Waals surface area contributed by atoms with Crippen LogP contribution < -0.4 is 25.7 Å². The number of para-hydroxylation sites is 1. The lowest BCUT2D eigenvalue weighted by Crippen LogP contribution is -2.31. The van der Waals surface area contributed by atoms with Crippen LogP contribution in [0.1, 0.15) is 5.56 Å². The Bertz CT molecular complexity index is 1400. The van der Waals surface area contributed by atoms with Crippen LogP contribution in [0.5, 0.6) is 11.5 Å². The molecule has 2 N–H and O–H groups in total. The zero-order valence-corrected chi connectivity index (χ0v) is 19.0. The minimum atomic E-state index is -0.325. The van der Waals surface area contributed by atoms with Gasteiger partial charge in [0, 0.05) is 40.0 Å². The summed E-state index contributed by atoms with van der Waals surface area (Å²) >= 11 is 5.93. The van der Waals surface area contributed by atoms with Gasteiger partial charge in [0.1, 0.15) is 19.8 Å². The molecular formula is C26H22ClN3O4. The summed E-state index contributed by atoms with van der Waals surface area (Å²) in [5.41, 5.74) is 2.38. The van der Waals surface area contributed by atoms with Crippen LogP contribution in [-0.4, -0.2) is 23.7 Å². The van der Waals surface area contributed by atoms with Crippen LogP contribution in [-0.2, 0) is 17.9 Å². The number of ether oxygens (including phenoxy) is 2. The van der Waals surface area contributed by atoms with E-state index in [2.05, 4.69) is 10.6 Å². The fourth-order valence-corrected chi connectivity index (χ4v) is 4.02. The summed E-state index contributed by atoms with van der Waals surface area (Å²) in [4.78, 5) is 26.3. The molecule has 7 nitrogen and oxygen atoms in total. The summed E-state index contributed by atoms with van der Waals surface area (Å²) in [5.74, 6) is 0.852. The van der Waals surface area contributed by atoms with Gasteiger partial charge in [-0.05, 0) is 48.5 Å². The Morgan fingerprint density at radius 1 is 0.912 bits per heavy atom. The van der Waals surface area contributed by atoms with Gasteiger partial charge in [0.15, 0.2) is 11.5 Å². The maximum absolute atomic E-state index is 13.5. The molecular weight excluding hydrogens is 454 g/mol. The predicted molar refractivity (Wildman–Crippen MR) is 133 cm³/mol. The zero-order valence-electron chi connectivity index (χ0n) is 18.2. The van der Waals surface area contributed by atoms with Crippen molar-refractivity contribution in [2.45, 2.75) is 13.1 Å². The molecule has 0 radical (unpaired) electrons. The maximum atomic E-state index is 13.5. The van der Waals surface area contributed by atoms with Gasteiger partial charge in [-0.15, -0.1) is 0 Å². The van der Waals surface area contributed by atoms with Gasteiger partial charge in [0.25, 0.3) is 5.56 Å². The summed E-state index contributed by atoms with van der Waals surface area (Å²) in [5, 5.41) is 7.45. The van der Waals surface area contributed by atoms with E-state index >= 15 is 0 Å². The lowest BCUT2D eigenvalue weighted by atomic mass is 10.1. The highest BCUT2D eigenvalue weighted by atomic mass is 35.5. The van der Waals surface area contributed by atoms with Crippen LogP contribution in [0.2, 0.25) is 5.02 Å². The van der Waals surface area contributed by atoms with E-state index in [1.165, 1.54) is 4.57 Å². The van der Waals surface area contributed by atoms with Crippen LogP contribution >= 0.6 is 11.6 Å². The molecule has 34 heavy (non-hydrogen) atoms. The third kappa shape index (κ3) is 4.70. The molecule has 1 aliphatic rings. The Labute approximate surface area is 200 Å². The molecule has 0 atom stereocenters. The van der Waals surface area contributed by atoms with Gasteiger partial charge in [-0.25, -0.2) is 0 Å². The number of carbonyl (C=O) groups excluding carboxylic acids is 1. The minimum absolute atomic E-state index is 0.156. The Morgan fingerprint density at radius 3 is 2.35 bits per heavy atom. The van der Waals surface area contributed by atoms with E-state index in [4.69, 9.17) is 21.1 Å². The van der Waals surface area contributed by atoms with E-state index in [0.29, 0.717) is 53.0 Å². The molecule has 1 aliphatic heterocycles. The van der Waals surface area contributed by atoms with Crippen molar-refractivity contribution in [3.05, 3.63) is 93.7 Å². The van der Waals surface area contributed by atoms with Crippen molar-refractivity contribution in [3.8, 4) is 11.5 Å². The van der Waals surface area contributed by atoms with E-state index in [0.717, 1.165) is 11.1 Å². The molecule has 0 aliphatic carbocycles. The Hall–Kier alpha value is -3.97. The zero-order chi connectivity index (χ0) is 23.5. The van der Waals surface area contributed by atoms with Crippen molar-refractivity contribution in [1.82, 2.24) is 4.57 Å². The summed E-state index contributed by atoms with van der Waals surface area (Å²) in [7, 11) is 0. The summed E-state index contributed by atoms with van der Waals surface area (Å²) in [6.45, 7) is 1.05. The van der Waals surface area contributed by atoms with Crippen molar-refractivity contribution in [2.75, 3.05) is 23.8 Å². The number of nitrogens with one attached hydrogen (secondary N) is 2. The Balaban J connectivity index is 1.51. The number of rotatable bonds is 6. The number of anilines is 2. The molecule has 2 heterocycles. The van der Waals surface area contributed by atoms with Crippen LogP contribution in [0.4, 0.5) is 11.4 Å². The van der Waals surface area contributed by atoms with E-state index in [-0.39, 0.29) is 18.0 Å². The molecule has 0 unspecified atom stereocenters. The van der Waals surface area contributed by atoms with E-state index in [1.54, 1.807) is 30.3 Å². The highest BCUT2D eigenvalue weighted by Gasteiger charge is 2.18. The molecule has 172 valence electrons. The van der Waals surface area contributed by atoms with Crippen molar-refractivity contribution in [1.29, 1.82) is 0 Å². The fraction of sp³-hybridized carbons (Fsp3) is 0.154. The molecule has 4 aromatic rings. The average Bonchev–Trinajstić information content (AvgIpc) is 2.86. The Kier molecular flexibility index (Phi) is 6.10. The standard InChI is InChI=1S/C26H22ClN3O4/c27-19-6-8-21(9-7-19)29-25(31)16-30-22-14-24-23(33-10-11-34-24)13-17(22)12-18(26(30)32)15-28-20-4-2-1-3-5-20/h1-9,12-14,28H,10-11,15-16H2,(H,29,31). The second-order valence-electron chi connectivity index (χ2n) is 7.89. The lowest BCUT2D eigenvalue weighted by Gasteiger charge is -2.21. The predicted octanol–water partition coefficient (Wildman–Crippen LogP) is 4.68.